The zero-order valence-corrected chi connectivity index (χ0v) is 19.4. The Bertz CT molecular complexity index is 1030. The number of fused-ring (bicyclic) bond motifs is 1. The van der Waals surface area contributed by atoms with Crippen LogP contribution in [0.5, 0.6) is 0 Å². The number of hydrogen-bond donors (Lipinski definition) is 2. The van der Waals surface area contributed by atoms with E-state index >= 15 is 0 Å². The third-order valence-corrected chi connectivity index (χ3v) is 4.89. The summed E-state index contributed by atoms with van der Waals surface area (Å²) in [7, 11) is 0. The smallest absolute Gasteiger partial charge is 0.475 e. The fourth-order valence-electron chi connectivity index (χ4n) is 3.13. The number of aromatic nitrogens is 5. The topological polar surface area (TPSA) is 147 Å². The minimum Gasteiger partial charge on any atom is -0.475 e. The molecule has 2 aliphatic heterocycles. The number of carbonyl (C=O) groups is 2. The summed E-state index contributed by atoms with van der Waals surface area (Å²) in [6.07, 6.45) is -6.83. The maximum atomic E-state index is 13.0. The third kappa shape index (κ3) is 9.69. The van der Waals surface area contributed by atoms with Gasteiger partial charge in [0.1, 0.15) is 5.82 Å². The zero-order chi connectivity index (χ0) is 28.5. The van der Waals surface area contributed by atoms with E-state index in [2.05, 4.69) is 29.6 Å². The largest absolute Gasteiger partial charge is 0.490 e. The normalized spacial score (nSPS) is 16.2. The number of carboxylic acid groups (broad SMARTS) is 2. The third-order valence-electron chi connectivity index (χ3n) is 4.89. The van der Waals surface area contributed by atoms with Gasteiger partial charge in [-0.05, 0) is 6.42 Å². The van der Waals surface area contributed by atoms with E-state index in [9.17, 15) is 30.7 Å². The Labute approximate surface area is 209 Å². The molecule has 0 saturated carbocycles. The van der Waals surface area contributed by atoms with Crippen LogP contribution in [-0.4, -0.2) is 97.0 Å². The second-order valence-corrected chi connectivity index (χ2v) is 7.65. The van der Waals surface area contributed by atoms with Crippen LogP contribution >= 0.6 is 0 Å². The number of alkyl halides is 6. The fourth-order valence-corrected chi connectivity index (χ4v) is 3.13. The van der Waals surface area contributed by atoms with E-state index in [0.717, 1.165) is 64.0 Å². The van der Waals surface area contributed by atoms with Crippen molar-refractivity contribution in [2.24, 2.45) is 0 Å². The van der Waals surface area contributed by atoms with Crippen molar-refractivity contribution < 1.29 is 55.3 Å². The second kappa shape index (κ2) is 13.3. The average Bonchev–Trinajstić information content (AvgIpc) is 3.07. The van der Waals surface area contributed by atoms with Gasteiger partial charge in [-0.3, -0.25) is 4.90 Å². The molecular weight excluding hydrogens is 539 g/mol. The molecule has 0 spiro atoms. The van der Waals surface area contributed by atoms with Crippen molar-refractivity contribution in [1.82, 2.24) is 29.6 Å². The second-order valence-electron chi connectivity index (χ2n) is 7.65. The molecule has 2 N–H and O–H groups in total. The van der Waals surface area contributed by atoms with Crippen molar-refractivity contribution in [2.45, 2.75) is 38.4 Å². The Morgan fingerprint density at radius 3 is 1.92 bits per heavy atom. The Hall–Kier alpha value is -3.61. The van der Waals surface area contributed by atoms with E-state index in [1.807, 2.05) is 4.90 Å². The molecule has 1 fully saturated rings. The molecule has 38 heavy (non-hydrogen) atoms. The number of hydrogen-bond acceptors (Lipinski definition) is 9. The molecule has 0 amide bonds. The van der Waals surface area contributed by atoms with Crippen molar-refractivity contribution in [1.29, 1.82) is 0 Å². The molecule has 0 aliphatic carbocycles. The molecule has 0 unspecified atom stereocenters. The number of aliphatic carboxylic acids is 2. The average molecular weight is 561 g/mol. The molecule has 12 nitrogen and oxygen atoms in total. The first kappa shape index (κ1) is 30.6. The number of ether oxygens (including phenoxy) is 1. The van der Waals surface area contributed by atoms with Crippen molar-refractivity contribution >= 4 is 17.9 Å². The van der Waals surface area contributed by atoms with Gasteiger partial charge in [0.25, 0.3) is 0 Å². The molecule has 2 aromatic rings. The summed E-state index contributed by atoms with van der Waals surface area (Å²) in [6.45, 7) is 6.47. The summed E-state index contributed by atoms with van der Waals surface area (Å²) in [5.41, 5.74) is 0. The lowest BCUT2D eigenvalue weighted by Gasteiger charge is -2.26. The summed E-state index contributed by atoms with van der Waals surface area (Å²) in [5, 5.41) is 23.0. The van der Waals surface area contributed by atoms with Crippen LogP contribution in [0.1, 0.15) is 18.1 Å². The summed E-state index contributed by atoms with van der Waals surface area (Å²) in [5.74, 6) is -3.51. The number of nitrogens with zero attached hydrogens (tertiary/aromatic N) is 7. The molecule has 19 heteroatoms. The fraction of sp³-hybridized carbons (Fsp3) is 0.579. The molecule has 0 aromatic carbocycles. The molecule has 212 valence electrons. The van der Waals surface area contributed by atoms with E-state index in [0.29, 0.717) is 12.5 Å². The van der Waals surface area contributed by atoms with Gasteiger partial charge in [0.15, 0.2) is 11.6 Å². The molecule has 2 aromatic heterocycles. The zero-order valence-electron chi connectivity index (χ0n) is 19.4. The molecule has 1 saturated heterocycles. The van der Waals surface area contributed by atoms with E-state index in [-0.39, 0.29) is 0 Å². The minimum absolute atomic E-state index is 0.426. The van der Waals surface area contributed by atoms with Crippen LogP contribution in [0, 0.1) is 5.82 Å². The van der Waals surface area contributed by atoms with Gasteiger partial charge in [-0.25, -0.2) is 23.9 Å². The molecule has 4 rings (SSSR count). The maximum absolute atomic E-state index is 13.0. The Morgan fingerprint density at radius 1 is 0.895 bits per heavy atom. The highest BCUT2D eigenvalue weighted by Crippen LogP contribution is 2.18. The van der Waals surface area contributed by atoms with Crippen molar-refractivity contribution in [3.8, 4) is 0 Å². The van der Waals surface area contributed by atoms with Crippen LogP contribution in [0.2, 0.25) is 0 Å². The molecule has 2 aliphatic rings. The highest BCUT2D eigenvalue weighted by Gasteiger charge is 2.38. The monoisotopic (exact) mass is 561 g/mol. The first-order valence-electron chi connectivity index (χ1n) is 10.7. The molecular formula is C19H22F7N7O5. The highest BCUT2D eigenvalue weighted by molar-refractivity contribution is 5.73. The number of halogens is 7. The standard InChI is InChI=1S/C15H20FN7O.2C2HF3O2/c16-12-8-17-15(18-9-12)22-2-1-3-23-13(19-20-14(23)11-22)10-21-4-6-24-7-5-21;2*3-2(4,5)1(6)7/h8-9H,1-7,10-11H2;2*(H,6,7). The van der Waals surface area contributed by atoms with Gasteiger partial charge >= 0.3 is 24.3 Å². The van der Waals surface area contributed by atoms with Gasteiger partial charge in [0, 0.05) is 26.2 Å². The number of carboxylic acids is 2. The summed E-state index contributed by atoms with van der Waals surface area (Å²) in [4.78, 5) is 30.3. The summed E-state index contributed by atoms with van der Waals surface area (Å²) >= 11 is 0. The highest BCUT2D eigenvalue weighted by atomic mass is 19.4. The van der Waals surface area contributed by atoms with E-state index in [1.54, 1.807) is 0 Å². The Balaban J connectivity index is 0.000000301. The number of morpholine rings is 1. The van der Waals surface area contributed by atoms with Gasteiger partial charge in [-0.15, -0.1) is 10.2 Å². The van der Waals surface area contributed by atoms with Crippen LogP contribution in [0.4, 0.5) is 36.7 Å². The molecule has 0 atom stereocenters. The summed E-state index contributed by atoms with van der Waals surface area (Å²) in [6, 6.07) is 0. The Morgan fingerprint density at radius 2 is 1.42 bits per heavy atom. The van der Waals surface area contributed by atoms with Crippen LogP contribution in [-0.2, 0) is 34.0 Å². The van der Waals surface area contributed by atoms with Gasteiger partial charge in [-0.2, -0.15) is 26.3 Å². The van der Waals surface area contributed by atoms with Gasteiger partial charge in [0.2, 0.25) is 5.95 Å². The van der Waals surface area contributed by atoms with Crippen LogP contribution in [0.25, 0.3) is 0 Å². The SMILES string of the molecule is Fc1cnc(N2CCCn3c(CN4CCOCC4)nnc3C2)nc1.O=C(O)C(F)(F)F.O=C(O)C(F)(F)F. The predicted octanol–water partition coefficient (Wildman–Crippen LogP) is 1.72. The van der Waals surface area contributed by atoms with Gasteiger partial charge in [-0.1, -0.05) is 0 Å². The van der Waals surface area contributed by atoms with Crippen molar-refractivity contribution in [2.75, 3.05) is 37.7 Å². The van der Waals surface area contributed by atoms with E-state index in [4.69, 9.17) is 24.5 Å². The van der Waals surface area contributed by atoms with E-state index in [1.165, 1.54) is 12.4 Å². The lowest BCUT2D eigenvalue weighted by atomic mass is 10.3. The lowest BCUT2D eigenvalue weighted by molar-refractivity contribution is -0.193. The van der Waals surface area contributed by atoms with Crippen LogP contribution in [0.15, 0.2) is 12.4 Å². The number of anilines is 1. The van der Waals surface area contributed by atoms with Crippen molar-refractivity contribution in [3.05, 3.63) is 29.9 Å². The number of rotatable bonds is 3. The first-order valence-corrected chi connectivity index (χ1v) is 10.7. The van der Waals surface area contributed by atoms with Gasteiger partial charge < -0.3 is 24.4 Å². The minimum atomic E-state index is -5.08. The molecule has 0 radical (unpaired) electrons. The predicted molar refractivity (Wildman–Crippen MR) is 111 cm³/mol. The van der Waals surface area contributed by atoms with Crippen molar-refractivity contribution in [3.63, 3.8) is 0 Å². The van der Waals surface area contributed by atoms with Gasteiger partial charge in [0.05, 0.1) is 38.7 Å². The molecule has 0 bridgehead atoms. The summed E-state index contributed by atoms with van der Waals surface area (Å²) < 4.78 is 84.1. The first-order chi connectivity index (χ1) is 17.7. The van der Waals surface area contributed by atoms with E-state index < -0.39 is 30.1 Å². The van der Waals surface area contributed by atoms with Crippen LogP contribution < -0.4 is 4.90 Å². The lowest BCUT2D eigenvalue weighted by Crippen LogP contribution is -2.36. The Kier molecular flexibility index (Phi) is 10.7. The maximum Gasteiger partial charge on any atom is 0.490 e. The quantitative estimate of drug-likeness (QED) is 0.528. The van der Waals surface area contributed by atoms with Crippen LogP contribution in [0.3, 0.4) is 0 Å². The molecule has 4 heterocycles.